The first-order valence-corrected chi connectivity index (χ1v) is 10.7. The Labute approximate surface area is 176 Å². The Morgan fingerprint density at radius 1 is 1.20 bits per heavy atom. The molecule has 160 valence electrons. The van der Waals surface area contributed by atoms with E-state index < -0.39 is 0 Å². The molecule has 1 aromatic carbocycles. The lowest BCUT2D eigenvalue weighted by Gasteiger charge is -2.38. The molecule has 1 aliphatic heterocycles. The van der Waals surface area contributed by atoms with Crippen molar-refractivity contribution in [2.45, 2.75) is 45.7 Å². The molecule has 0 radical (unpaired) electrons. The SMILES string of the molecule is CCC(C)(C)n1nnnc1[C@H](c1cc2cccc(C)c2[nH]c1=O)N1CCN(C)CC1. The molecule has 1 fully saturated rings. The van der Waals surface area contributed by atoms with Crippen molar-refractivity contribution < 1.29 is 0 Å². The minimum absolute atomic E-state index is 0.0791. The molecule has 2 aromatic heterocycles. The van der Waals surface area contributed by atoms with E-state index in [0.29, 0.717) is 5.56 Å². The molecule has 1 N–H and O–H groups in total. The second-order valence-electron chi connectivity index (χ2n) is 8.95. The number of nitrogens with one attached hydrogen (secondary N) is 1. The number of tetrazole rings is 1. The Hall–Kier alpha value is -2.58. The van der Waals surface area contributed by atoms with Crippen molar-refractivity contribution in [1.82, 2.24) is 35.0 Å². The van der Waals surface area contributed by atoms with E-state index in [-0.39, 0.29) is 17.1 Å². The van der Waals surface area contributed by atoms with Crippen LogP contribution in [-0.2, 0) is 5.54 Å². The van der Waals surface area contributed by atoms with Crippen LogP contribution in [0.2, 0.25) is 0 Å². The fourth-order valence-electron chi connectivity index (χ4n) is 4.13. The van der Waals surface area contributed by atoms with E-state index in [9.17, 15) is 4.79 Å². The summed E-state index contributed by atoms with van der Waals surface area (Å²) in [6.07, 6.45) is 0.883. The molecule has 0 unspecified atom stereocenters. The Morgan fingerprint density at radius 2 is 1.93 bits per heavy atom. The number of rotatable bonds is 5. The highest BCUT2D eigenvalue weighted by molar-refractivity contribution is 5.82. The Morgan fingerprint density at radius 3 is 2.63 bits per heavy atom. The summed E-state index contributed by atoms with van der Waals surface area (Å²) in [4.78, 5) is 21.0. The average Bonchev–Trinajstić information content (AvgIpc) is 3.21. The van der Waals surface area contributed by atoms with Gasteiger partial charge in [-0.2, -0.15) is 0 Å². The molecule has 1 saturated heterocycles. The molecule has 0 aliphatic carbocycles. The Balaban J connectivity index is 1.90. The van der Waals surface area contributed by atoms with Crippen molar-refractivity contribution in [1.29, 1.82) is 0 Å². The van der Waals surface area contributed by atoms with Crippen molar-refractivity contribution in [2.24, 2.45) is 0 Å². The van der Waals surface area contributed by atoms with Crippen LogP contribution in [0.1, 0.15) is 50.2 Å². The molecule has 1 aliphatic rings. The number of likely N-dealkylation sites (N-methyl/N-ethyl adjacent to an activating group) is 1. The van der Waals surface area contributed by atoms with Gasteiger partial charge in [0.25, 0.3) is 5.56 Å². The molecule has 3 heterocycles. The van der Waals surface area contributed by atoms with E-state index in [2.05, 4.69) is 58.1 Å². The molecular weight excluding hydrogens is 378 g/mol. The molecule has 8 nitrogen and oxygen atoms in total. The number of fused-ring (bicyclic) bond motifs is 1. The summed E-state index contributed by atoms with van der Waals surface area (Å²) in [6, 6.07) is 7.80. The third-order valence-corrected chi connectivity index (χ3v) is 6.49. The third kappa shape index (κ3) is 3.65. The topological polar surface area (TPSA) is 82.9 Å². The number of aromatic amines is 1. The van der Waals surface area contributed by atoms with Gasteiger partial charge in [0.1, 0.15) is 6.04 Å². The lowest BCUT2D eigenvalue weighted by molar-refractivity contribution is 0.117. The van der Waals surface area contributed by atoms with Crippen LogP contribution in [0.25, 0.3) is 10.9 Å². The summed E-state index contributed by atoms with van der Waals surface area (Å²) >= 11 is 0. The van der Waals surface area contributed by atoms with Gasteiger partial charge in [-0.1, -0.05) is 25.1 Å². The number of aromatic nitrogens is 5. The Kier molecular flexibility index (Phi) is 5.46. The van der Waals surface area contributed by atoms with Gasteiger partial charge in [-0.25, -0.2) is 4.68 Å². The van der Waals surface area contributed by atoms with Gasteiger partial charge in [0.15, 0.2) is 5.82 Å². The van der Waals surface area contributed by atoms with Gasteiger partial charge in [0, 0.05) is 31.7 Å². The fraction of sp³-hybridized carbons (Fsp3) is 0.545. The normalized spacial score (nSPS) is 17.5. The van der Waals surface area contributed by atoms with Crippen LogP contribution in [-0.4, -0.2) is 68.2 Å². The van der Waals surface area contributed by atoms with Crippen molar-refractivity contribution in [3.05, 3.63) is 51.6 Å². The summed E-state index contributed by atoms with van der Waals surface area (Å²) in [5.74, 6) is 0.726. The molecule has 8 heteroatoms. The molecular formula is C22H31N7O. The van der Waals surface area contributed by atoms with Crippen molar-refractivity contribution in [3.8, 4) is 0 Å². The molecule has 1 atom stereocenters. The van der Waals surface area contributed by atoms with E-state index >= 15 is 0 Å². The van der Waals surface area contributed by atoms with E-state index in [1.54, 1.807) is 0 Å². The minimum atomic E-state index is -0.298. The van der Waals surface area contributed by atoms with Gasteiger partial charge in [-0.05, 0) is 61.7 Å². The summed E-state index contributed by atoms with van der Waals surface area (Å²) < 4.78 is 1.90. The monoisotopic (exact) mass is 409 g/mol. The van der Waals surface area contributed by atoms with Gasteiger partial charge >= 0.3 is 0 Å². The molecule has 0 spiro atoms. The van der Waals surface area contributed by atoms with Crippen LogP contribution < -0.4 is 5.56 Å². The maximum Gasteiger partial charge on any atom is 0.253 e. The first kappa shape index (κ1) is 20.7. The first-order chi connectivity index (χ1) is 14.3. The van der Waals surface area contributed by atoms with Gasteiger partial charge in [-0.3, -0.25) is 9.69 Å². The molecule has 3 aromatic rings. The number of para-hydroxylation sites is 1. The molecule has 0 saturated carbocycles. The van der Waals surface area contributed by atoms with E-state index in [1.807, 2.05) is 35.9 Å². The standard InChI is InChI=1S/C22H31N7O/c1-6-22(3,4)29-20(24-25-26-29)19(28-12-10-27(5)11-13-28)17-14-16-9-7-8-15(2)18(16)23-21(17)30/h7-9,14,19H,6,10-13H2,1-5H3,(H,23,30)/t19-/m0/s1. The number of pyridine rings is 1. The highest BCUT2D eigenvalue weighted by Gasteiger charge is 2.35. The number of hydrogen-bond acceptors (Lipinski definition) is 6. The van der Waals surface area contributed by atoms with E-state index in [0.717, 1.165) is 54.9 Å². The zero-order valence-electron chi connectivity index (χ0n) is 18.5. The Bertz CT molecular complexity index is 1090. The predicted molar refractivity (Wildman–Crippen MR) is 118 cm³/mol. The van der Waals surface area contributed by atoms with Gasteiger partial charge in [-0.15, -0.1) is 5.10 Å². The minimum Gasteiger partial charge on any atom is -0.321 e. The largest absolute Gasteiger partial charge is 0.321 e. The summed E-state index contributed by atoms with van der Waals surface area (Å²) in [5.41, 5.74) is 2.32. The number of piperazine rings is 1. The lowest BCUT2D eigenvalue weighted by Crippen LogP contribution is -2.48. The van der Waals surface area contributed by atoms with Crippen LogP contribution in [0.3, 0.4) is 0 Å². The van der Waals surface area contributed by atoms with Crippen molar-refractivity contribution in [2.75, 3.05) is 33.2 Å². The second kappa shape index (κ2) is 7.92. The molecule has 30 heavy (non-hydrogen) atoms. The zero-order chi connectivity index (χ0) is 21.5. The van der Waals surface area contributed by atoms with Gasteiger partial charge < -0.3 is 9.88 Å². The fourth-order valence-corrected chi connectivity index (χ4v) is 4.13. The highest BCUT2D eigenvalue weighted by Crippen LogP contribution is 2.31. The van der Waals surface area contributed by atoms with Crippen molar-refractivity contribution >= 4 is 10.9 Å². The maximum atomic E-state index is 13.3. The first-order valence-electron chi connectivity index (χ1n) is 10.7. The van der Waals surface area contributed by atoms with Crippen LogP contribution in [0.4, 0.5) is 0 Å². The predicted octanol–water partition coefficient (Wildman–Crippen LogP) is 2.30. The van der Waals surface area contributed by atoms with Gasteiger partial charge in [0.05, 0.1) is 11.1 Å². The lowest BCUT2D eigenvalue weighted by atomic mass is 9.98. The second-order valence-corrected chi connectivity index (χ2v) is 8.95. The molecule has 0 bridgehead atoms. The quantitative estimate of drug-likeness (QED) is 0.696. The number of H-pyrrole nitrogens is 1. The number of benzene rings is 1. The summed E-state index contributed by atoms with van der Waals surface area (Å²) in [6.45, 7) is 12.0. The summed E-state index contributed by atoms with van der Waals surface area (Å²) in [7, 11) is 2.13. The van der Waals surface area contributed by atoms with E-state index in [1.165, 1.54) is 0 Å². The molecule has 4 rings (SSSR count). The van der Waals surface area contributed by atoms with Crippen molar-refractivity contribution in [3.63, 3.8) is 0 Å². The average molecular weight is 410 g/mol. The smallest absolute Gasteiger partial charge is 0.253 e. The number of aryl methyl sites for hydroxylation is 1. The van der Waals surface area contributed by atoms with Gasteiger partial charge in [0.2, 0.25) is 0 Å². The molecule has 0 amide bonds. The third-order valence-electron chi connectivity index (χ3n) is 6.49. The highest BCUT2D eigenvalue weighted by atomic mass is 16.1. The van der Waals surface area contributed by atoms with Crippen LogP contribution in [0.15, 0.2) is 29.1 Å². The summed E-state index contributed by atoms with van der Waals surface area (Å²) in [5, 5.41) is 13.8. The maximum absolute atomic E-state index is 13.3. The zero-order valence-corrected chi connectivity index (χ0v) is 18.5. The number of nitrogens with zero attached hydrogens (tertiary/aromatic N) is 6. The van der Waals surface area contributed by atoms with E-state index in [4.69, 9.17) is 0 Å². The van der Waals surface area contributed by atoms with Crippen LogP contribution >= 0.6 is 0 Å². The van der Waals surface area contributed by atoms with Crippen LogP contribution in [0, 0.1) is 6.92 Å². The number of hydrogen-bond donors (Lipinski definition) is 1. The van der Waals surface area contributed by atoms with Crippen LogP contribution in [0.5, 0.6) is 0 Å².